The number of nitrogens with zero attached hydrogens (tertiary/aromatic N) is 2. The number of likely N-dealkylation sites (N-methyl/N-ethyl adjacent to an activating group) is 1. The van der Waals surface area contributed by atoms with Crippen LogP contribution in [-0.4, -0.2) is 44.0 Å². The summed E-state index contributed by atoms with van der Waals surface area (Å²) in [5.41, 5.74) is 3.64. The number of hydrogen-bond acceptors (Lipinski definition) is 3. The molecule has 0 aliphatic carbocycles. The third-order valence-corrected chi connectivity index (χ3v) is 4.47. The van der Waals surface area contributed by atoms with Crippen LogP contribution in [0.3, 0.4) is 0 Å². The molecule has 29 heavy (non-hydrogen) atoms. The molecule has 6 nitrogen and oxygen atoms in total. The van der Waals surface area contributed by atoms with Crippen molar-refractivity contribution in [1.82, 2.24) is 15.5 Å². The van der Waals surface area contributed by atoms with Crippen molar-refractivity contribution in [3.63, 3.8) is 0 Å². The van der Waals surface area contributed by atoms with Gasteiger partial charge in [-0.2, -0.15) is 0 Å². The molecule has 0 saturated heterocycles. The molecule has 6 heteroatoms. The number of aryl methyl sites for hydroxylation is 1. The van der Waals surface area contributed by atoms with Crippen molar-refractivity contribution in [2.75, 3.05) is 27.2 Å². The van der Waals surface area contributed by atoms with Crippen LogP contribution in [0.4, 0.5) is 0 Å². The first-order valence-electron chi connectivity index (χ1n) is 10.0. The van der Waals surface area contributed by atoms with Gasteiger partial charge in [0.2, 0.25) is 0 Å². The molecule has 2 aromatic carbocycles. The molecule has 0 heterocycles. The topological polar surface area (TPSA) is 66.0 Å². The van der Waals surface area contributed by atoms with Gasteiger partial charge in [-0.15, -0.1) is 0 Å². The monoisotopic (exact) mass is 396 g/mol. The number of rotatable bonds is 9. The first kappa shape index (κ1) is 22.3. The molecular formula is C23H32N4O2. The minimum atomic E-state index is -0.0700. The van der Waals surface area contributed by atoms with Crippen LogP contribution in [0.15, 0.2) is 53.5 Å². The third-order valence-electron chi connectivity index (χ3n) is 4.47. The summed E-state index contributed by atoms with van der Waals surface area (Å²) in [5.74, 6) is 1.37. The standard InChI is InChI=1S/C23H32N4O2/c1-5-19-11-7-8-12-20(19)16-26-23(24-6-2)25-15-18-10-9-13-21(14-18)29-17-22(28)27(3)4/h7-14H,5-6,15-17H2,1-4H3,(H2,24,25,26). The number of nitrogens with one attached hydrogen (secondary N) is 2. The van der Waals surface area contributed by atoms with E-state index in [4.69, 9.17) is 4.74 Å². The fourth-order valence-corrected chi connectivity index (χ4v) is 2.77. The van der Waals surface area contributed by atoms with E-state index in [2.05, 4.69) is 46.8 Å². The number of guanidine groups is 1. The van der Waals surface area contributed by atoms with Crippen LogP contribution >= 0.6 is 0 Å². The van der Waals surface area contributed by atoms with E-state index < -0.39 is 0 Å². The number of aliphatic imine (C=N–C) groups is 1. The molecule has 0 unspecified atom stereocenters. The molecule has 2 rings (SSSR count). The number of hydrogen-bond donors (Lipinski definition) is 2. The highest BCUT2D eigenvalue weighted by molar-refractivity contribution is 5.79. The second-order valence-electron chi connectivity index (χ2n) is 6.90. The van der Waals surface area contributed by atoms with Crippen molar-refractivity contribution < 1.29 is 9.53 Å². The van der Waals surface area contributed by atoms with Crippen molar-refractivity contribution in [2.24, 2.45) is 4.99 Å². The molecule has 0 bridgehead atoms. The lowest BCUT2D eigenvalue weighted by Gasteiger charge is -2.14. The molecule has 1 amide bonds. The number of carbonyl (C=O) groups is 1. The Morgan fingerprint density at radius 3 is 2.48 bits per heavy atom. The summed E-state index contributed by atoms with van der Waals surface area (Å²) in [6.07, 6.45) is 1.01. The second kappa shape index (κ2) is 11.7. The second-order valence-corrected chi connectivity index (χ2v) is 6.90. The van der Waals surface area contributed by atoms with Gasteiger partial charge in [0, 0.05) is 27.2 Å². The lowest BCUT2D eigenvalue weighted by Crippen LogP contribution is -2.37. The molecule has 2 N–H and O–H groups in total. The Morgan fingerprint density at radius 1 is 1.03 bits per heavy atom. The van der Waals surface area contributed by atoms with Crippen molar-refractivity contribution in [2.45, 2.75) is 33.4 Å². The van der Waals surface area contributed by atoms with Gasteiger partial charge in [0.05, 0.1) is 6.54 Å². The predicted octanol–water partition coefficient (Wildman–Crippen LogP) is 2.97. The van der Waals surface area contributed by atoms with Crippen LogP contribution < -0.4 is 15.4 Å². The minimum absolute atomic E-state index is 0.0285. The third kappa shape index (κ3) is 7.49. The lowest BCUT2D eigenvalue weighted by atomic mass is 10.1. The number of carbonyl (C=O) groups excluding carboxylic acids is 1. The van der Waals surface area contributed by atoms with Crippen LogP contribution in [0.25, 0.3) is 0 Å². The molecule has 0 spiro atoms. The average Bonchev–Trinajstić information content (AvgIpc) is 2.74. The van der Waals surface area contributed by atoms with E-state index in [1.54, 1.807) is 14.1 Å². The highest BCUT2D eigenvalue weighted by Gasteiger charge is 2.06. The zero-order valence-corrected chi connectivity index (χ0v) is 17.9. The van der Waals surface area contributed by atoms with Gasteiger partial charge in [-0.1, -0.05) is 43.3 Å². The van der Waals surface area contributed by atoms with Crippen LogP contribution in [0.1, 0.15) is 30.5 Å². The van der Waals surface area contributed by atoms with Gasteiger partial charge in [-0.3, -0.25) is 4.79 Å². The number of ether oxygens (including phenoxy) is 1. The van der Waals surface area contributed by atoms with Crippen molar-refractivity contribution in [3.05, 3.63) is 65.2 Å². The number of amides is 1. The Hall–Kier alpha value is -3.02. The van der Waals surface area contributed by atoms with Gasteiger partial charge in [0.1, 0.15) is 5.75 Å². The summed E-state index contributed by atoms with van der Waals surface area (Å²) < 4.78 is 5.58. The Balaban J connectivity index is 1.98. The van der Waals surface area contributed by atoms with Gasteiger partial charge in [-0.05, 0) is 42.2 Å². The fraction of sp³-hybridized carbons (Fsp3) is 0.391. The van der Waals surface area contributed by atoms with Crippen molar-refractivity contribution >= 4 is 11.9 Å². The predicted molar refractivity (Wildman–Crippen MR) is 118 cm³/mol. The first-order chi connectivity index (χ1) is 14.0. The Bertz CT molecular complexity index is 818. The summed E-state index contributed by atoms with van der Waals surface area (Å²) in [7, 11) is 3.43. The van der Waals surface area contributed by atoms with Crippen LogP contribution in [0.5, 0.6) is 5.75 Å². The quantitative estimate of drug-likeness (QED) is 0.505. The van der Waals surface area contributed by atoms with Gasteiger partial charge in [-0.25, -0.2) is 4.99 Å². The average molecular weight is 397 g/mol. The van der Waals surface area contributed by atoms with Crippen LogP contribution in [0, 0.1) is 0 Å². The molecular weight excluding hydrogens is 364 g/mol. The zero-order chi connectivity index (χ0) is 21.1. The van der Waals surface area contributed by atoms with E-state index in [1.807, 2.05) is 31.2 Å². The van der Waals surface area contributed by atoms with Gasteiger partial charge < -0.3 is 20.3 Å². The fourth-order valence-electron chi connectivity index (χ4n) is 2.77. The highest BCUT2D eigenvalue weighted by Crippen LogP contribution is 2.14. The van der Waals surface area contributed by atoms with Gasteiger partial charge in [0.15, 0.2) is 12.6 Å². The number of benzene rings is 2. The maximum atomic E-state index is 11.7. The van der Waals surface area contributed by atoms with E-state index in [0.717, 1.165) is 31.0 Å². The molecule has 0 atom stereocenters. The Kier molecular flexibility index (Phi) is 9.02. The maximum absolute atomic E-state index is 11.7. The molecule has 0 saturated carbocycles. The van der Waals surface area contributed by atoms with Crippen molar-refractivity contribution in [1.29, 1.82) is 0 Å². The van der Waals surface area contributed by atoms with Crippen LogP contribution in [-0.2, 0) is 24.3 Å². The summed E-state index contributed by atoms with van der Waals surface area (Å²) in [6.45, 7) is 6.28. The van der Waals surface area contributed by atoms with E-state index in [-0.39, 0.29) is 12.5 Å². The van der Waals surface area contributed by atoms with E-state index in [0.29, 0.717) is 12.3 Å². The van der Waals surface area contributed by atoms with Crippen molar-refractivity contribution in [3.8, 4) is 5.75 Å². The molecule has 156 valence electrons. The summed E-state index contributed by atoms with van der Waals surface area (Å²) in [4.78, 5) is 17.9. The normalized spacial score (nSPS) is 11.1. The smallest absolute Gasteiger partial charge is 0.259 e. The maximum Gasteiger partial charge on any atom is 0.259 e. The van der Waals surface area contributed by atoms with E-state index in [1.165, 1.54) is 16.0 Å². The summed E-state index contributed by atoms with van der Waals surface area (Å²) in [5, 5.41) is 6.69. The molecule has 0 aliphatic heterocycles. The van der Waals surface area contributed by atoms with E-state index >= 15 is 0 Å². The summed E-state index contributed by atoms with van der Waals surface area (Å²) in [6, 6.07) is 16.1. The molecule has 0 radical (unpaired) electrons. The SMILES string of the molecule is CCNC(=NCc1cccc(OCC(=O)N(C)C)c1)NCc1ccccc1CC. The first-order valence-corrected chi connectivity index (χ1v) is 10.0. The zero-order valence-electron chi connectivity index (χ0n) is 17.9. The van der Waals surface area contributed by atoms with Crippen LogP contribution in [0.2, 0.25) is 0 Å². The molecule has 0 aromatic heterocycles. The Morgan fingerprint density at radius 2 is 1.79 bits per heavy atom. The summed E-state index contributed by atoms with van der Waals surface area (Å²) >= 11 is 0. The molecule has 0 aliphatic rings. The largest absolute Gasteiger partial charge is 0.484 e. The highest BCUT2D eigenvalue weighted by atomic mass is 16.5. The Labute approximate surface area is 174 Å². The van der Waals surface area contributed by atoms with Gasteiger partial charge >= 0.3 is 0 Å². The van der Waals surface area contributed by atoms with E-state index in [9.17, 15) is 4.79 Å². The molecule has 0 fully saturated rings. The molecule has 2 aromatic rings. The lowest BCUT2D eigenvalue weighted by molar-refractivity contribution is -0.130. The van der Waals surface area contributed by atoms with Gasteiger partial charge in [0.25, 0.3) is 5.91 Å². The minimum Gasteiger partial charge on any atom is -0.484 e.